The van der Waals surface area contributed by atoms with E-state index in [-0.39, 0.29) is 0 Å². The number of aryl methyl sites for hydroxylation is 1. The third kappa shape index (κ3) is 6.13. The van der Waals surface area contributed by atoms with E-state index in [2.05, 4.69) is 34.9 Å². The molecule has 1 heterocycles. The van der Waals surface area contributed by atoms with Gasteiger partial charge >= 0.3 is 0 Å². The molecule has 2 aliphatic carbocycles. The number of benzene rings is 1. The summed E-state index contributed by atoms with van der Waals surface area (Å²) < 4.78 is 0. The number of rotatable bonds is 5. The summed E-state index contributed by atoms with van der Waals surface area (Å²) >= 11 is 23.8. The van der Waals surface area contributed by atoms with Crippen molar-refractivity contribution in [3.8, 4) is 0 Å². The molecule has 2 aromatic rings. The topological polar surface area (TPSA) is 65.1 Å². The van der Waals surface area contributed by atoms with E-state index in [0.29, 0.717) is 38.0 Å². The highest BCUT2D eigenvalue weighted by Crippen LogP contribution is 2.32. The molecule has 1 fully saturated rings. The fourth-order valence-corrected chi connectivity index (χ4v) is 5.41. The molecule has 33 heavy (non-hydrogen) atoms. The normalized spacial score (nSPS) is 20.0. The van der Waals surface area contributed by atoms with E-state index in [1.807, 2.05) is 0 Å². The molecule has 0 radical (unpaired) electrons. The molecular weight excluding hydrogens is 499 g/mol. The standard InChI is InChI=1S/C23H29Cl3N6S/c1-32(2)21-15-5-3-4-6-19(15)29-22(31-21)27-13-7-9-14(10-8-13)28-23(33)30-20-12-17(25)16(24)11-18(20)26/h11-14H,3-10H2,1-2H3,(H,27,29,31)(H2,28,30,33). The van der Waals surface area contributed by atoms with E-state index in [1.54, 1.807) is 12.1 Å². The Balaban J connectivity index is 1.31. The number of hydrogen-bond acceptors (Lipinski definition) is 5. The van der Waals surface area contributed by atoms with Crippen LogP contribution in [0.25, 0.3) is 0 Å². The third-order valence-corrected chi connectivity index (χ3v) is 7.49. The summed E-state index contributed by atoms with van der Waals surface area (Å²) in [6.07, 6.45) is 8.57. The summed E-state index contributed by atoms with van der Waals surface area (Å²) in [5.74, 6) is 1.80. The van der Waals surface area contributed by atoms with E-state index in [4.69, 9.17) is 57.0 Å². The second-order valence-corrected chi connectivity index (χ2v) is 10.6. The Hall–Kier alpha value is -1.54. The third-order valence-electron chi connectivity index (χ3n) is 6.24. The van der Waals surface area contributed by atoms with Crippen LogP contribution < -0.4 is 20.9 Å². The molecule has 0 atom stereocenters. The first-order valence-corrected chi connectivity index (χ1v) is 12.9. The SMILES string of the molecule is CN(C)c1nc(NC2CCC(NC(=S)Nc3cc(Cl)c(Cl)cc3Cl)CC2)nc2c1CCCC2. The number of fused-ring (bicyclic) bond motifs is 1. The van der Waals surface area contributed by atoms with Crippen LogP contribution in [0.2, 0.25) is 15.1 Å². The Kier molecular flexibility index (Phi) is 8.05. The van der Waals surface area contributed by atoms with Crippen molar-refractivity contribution in [3.63, 3.8) is 0 Å². The van der Waals surface area contributed by atoms with E-state index in [9.17, 15) is 0 Å². The van der Waals surface area contributed by atoms with Crippen molar-refractivity contribution in [3.05, 3.63) is 38.5 Å². The maximum absolute atomic E-state index is 6.24. The molecule has 0 aliphatic heterocycles. The molecular formula is C23H29Cl3N6S. The van der Waals surface area contributed by atoms with Crippen molar-refractivity contribution in [1.29, 1.82) is 0 Å². The molecule has 0 unspecified atom stereocenters. The summed E-state index contributed by atoms with van der Waals surface area (Å²) in [4.78, 5) is 11.8. The molecule has 1 aromatic carbocycles. The van der Waals surface area contributed by atoms with E-state index in [0.717, 1.165) is 50.3 Å². The zero-order chi connectivity index (χ0) is 23.5. The molecule has 2 aliphatic rings. The minimum Gasteiger partial charge on any atom is -0.362 e. The van der Waals surface area contributed by atoms with Gasteiger partial charge < -0.3 is 20.9 Å². The van der Waals surface area contributed by atoms with E-state index < -0.39 is 0 Å². The Morgan fingerprint density at radius 2 is 1.61 bits per heavy atom. The van der Waals surface area contributed by atoms with Crippen LogP contribution in [0.1, 0.15) is 49.8 Å². The van der Waals surface area contributed by atoms with E-state index in [1.165, 1.54) is 24.1 Å². The second kappa shape index (κ2) is 10.8. The number of nitrogens with one attached hydrogen (secondary N) is 3. The zero-order valence-corrected chi connectivity index (χ0v) is 21.9. The first-order valence-electron chi connectivity index (χ1n) is 11.4. The molecule has 10 heteroatoms. The van der Waals surface area contributed by atoms with Gasteiger partial charge in [-0.05, 0) is 75.7 Å². The highest BCUT2D eigenvalue weighted by Gasteiger charge is 2.24. The van der Waals surface area contributed by atoms with Gasteiger partial charge in [-0.2, -0.15) is 4.98 Å². The molecule has 6 nitrogen and oxygen atoms in total. The van der Waals surface area contributed by atoms with Crippen molar-refractivity contribution in [1.82, 2.24) is 15.3 Å². The molecule has 3 N–H and O–H groups in total. The lowest BCUT2D eigenvalue weighted by Gasteiger charge is -2.31. The maximum Gasteiger partial charge on any atom is 0.225 e. The van der Waals surface area contributed by atoms with Gasteiger partial charge in [0, 0.05) is 31.7 Å². The Morgan fingerprint density at radius 3 is 2.33 bits per heavy atom. The second-order valence-electron chi connectivity index (χ2n) is 8.94. The molecule has 0 spiro atoms. The Morgan fingerprint density at radius 1 is 0.939 bits per heavy atom. The molecule has 0 bridgehead atoms. The van der Waals surface area contributed by atoms with Crippen molar-refractivity contribution in [2.45, 2.75) is 63.5 Å². The van der Waals surface area contributed by atoms with Crippen LogP contribution in [0.5, 0.6) is 0 Å². The smallest absolute Gasteiger partial charge is 0.225 e. The maximum atomic E-state index is 6.24. The first kappa shape index (κ1) is 24.6. The number of hydrogen-bond donors (Lipinski definition) is 3. The molecule has 178 valence electrons. The fraction of sp³-hybridized carbons (Fsp3) is 0.522. The molecule has 0 saturated heterocycles. The van der Waals surface area contributed by atoms with E-state index >= 15 is 0 Å². The van der Waals surface area contributed by atoms with Crippen molar-refractivity contribution < 1.29 is 0 Å². The van der Waals surface area contributed by atoms with Gasteiger partial charge in [0.2, 0.25) is 5.95 Å². The van der Waals surface area contributed by atoms with Crippen LogP contribution in [-0.4, -0.2) is 41.3 Å². The van der Waals surface area contributed by atoms with Crippen LogP contribution in [0, 0.1) is 0 Å². The first-order chi connectivity index (χ1) is 15.8. The van der Waals surface area contributed by atoms with Gasteiger partial charge in [0.25, 0.3) is 0 Å². The van der Waals surface area contributed by atoms with Crippen LogP contribution in [-0.2, 0) is 12.8 Å². The molecule has 1 aromatic heterocycles. The summed E-state index contributed by atoms with van der Waals surface area (Å²) in [6.45, 7) is 0. The molecule has 1 saturated carbocycles. The lowest BCUT2D eigenvalue weighted by molar-refractivity contribution is 0.387. The summed E-state index contributed by atoms with van der Waals surface area (Å²) in [5, 5.41) is 12.0. The van der Waals surface area contributed by atoms with Gasteiger partial charge in [0.15, 0.2) is 5.11 Å². The summed E-state index contributed by atoms with van der Waals surface area (Å²) in [6, 6.07) is 3.94. The van der Waals surface area contributed by atoms with Crippen LogP contribution in [0.3, 0.4) is 0 Å². The number of thiocarbonyl (C=S) groups is 1. The fourth-order valence-electron chi connectivity index (χ4n) is 4.54. The van der Waals surface area contributed by atoms with Gasteiger partial charge in [-0.25, -0.2) is 4.98 Å². The average Bonchev–Trinajstić information content (AvgIpc) is 2.78. The van der Waals surface area contributed by atoms with Gasteiger partial charge in [0.1, 0.15) is 5.82 Å². The van der Waals surface area contributed by atoms with Gasteiger partial charge in [-0.1, -0.05) is 34.8 Å². The summed E-state index contributed by atoms with van der Waals surface area (Å²) in [5.41, 5.74) is 3.16. The van der Waals surface area contributed by atoms with Crippen LogP contribution >= 0.6 is 47.0 Å². The number of aromatic nitrogens is 2. The summed E-state index contributed by atoms with van der Waals surface area (Å²) in [7, 11) is 4.11. The minimum absolute atomic E-state index is 0.298. The van der Waals surface area contributed by atoms with Crippen LogP contribution in [0.4, 0.5) is 17.5 Å². The van der Waals surface area contributed by atoms with Crippen molar-refractivity contribution in [2.75, 3.05) is 29.6 Å². The number of halogens is 3. The predicted octanol–water partition coefficient (Wildman–Crippen LogP) is 6.09. The number of nitrogens with zero attached hydrogens (tertiary/aromatic N) is 3. The number of anilines is 3. The largest absolute Gasteiger partial charge is 0.362 e. The van der Waals surface area contributed by atoms with Gasteiger partial charge in [-0.15, -0.1) is 0 Å². The quantitative estimate of drug-likeness (QED) is 0.321. The Bertz CT molecular complexity index is 1020. The van der Waals surface area contributed by atoms with Crippen molar-refractivity contribution in [2.24, 2.45) is 0 Å². The van der Waals surface area contributed by atoms with Crippen LogP contribution in [0.15, 0.2) is 12.1 Å². The monoisotopic (exact) mass is 526 g/mol. The average molecular weight is 528 g/mol. The van der Waals surface area contributed by atoms with Gasteiger partial charge in [-0.3, -0.25) is 0 Å². The lowest BCUT2D eigenvalue weighted by atomic mass is 9.91. The van der Waals surface area contributed by atoms with Crippen molar-refractivity contribution >= 4 is 69.6 Å². The highest BCUT2D eigenvalue weighted by atomic mass is 35.5. The predicted molar refractivity (Wildman–Crippen MR) is 143 cm³/mol. The lowest BCUT2D eigenvalue weighted by Crippen LogP contribution is -2.42. The zero-order valence-electron chi connectivity index (χ0n) is 18.9. The minimum atomic E-state index is 0.298. The Labute approximate surface area is 215 Å². The highest BCUT2D eigenvalue weighted by molar-refractivity contribution is 7.80. The molecule has 4 rings (SSSR count). The molecule has 0 amide bonds. The van der Waals surface area contributed by atoms with Gasteiger partial charge in [0.05, 0.1) is 26.4 Å².